The number of anilines is 3. The summed E-state index contributed by atoms with van der Waals surface area (Å²) >= 11 is 0.853. The summed E-state index contributed by atoms with van der Waals surface area (Å²) in [6.45, 7) is 1.45. The van der Waals surface area contributed by atoms with E-state index in [0.717, 1.165) is 55.1 Å². The SMILES string of the molecule is Cn1ncc(NC(=O)c2nc(-c3c(F)cccc3F)sc2N)c1N1CCCC[C@H](N)C1. The first kappa shape index (κ1) is 21.2. The molecule has 1 saturated heterocycles. The lowest BCUT2D eigenvalue weighted by molar-refractivity contribution is 0.102. The minimum absolute atomic E-state index is 0.00292. The average Bonchev–Trinajstić information content (AvgIpc) is 3.18. The molecule has 0 spiro atoms. The molecule has 1 amide bonds. The number of carbonyl (C=O) groups excluding carboxylic acids is 1. The van der Waals surface area contributed by atoms with Crippen molar-refractivity contribution in [2.24, 2.45) is 12.8 Å². The van der Waals surface area contributed by atoms with Crippen LogP contribution in [0.5, 0.6) is 0 Å². The Morgan fingerprint density at radius 2 is 2.03 bits per heavy atom. The number of rotatable bonds is 4. The van der Waals surface area contributed by atoms with Crippen molar-refractivity contribution in [3.05, 3.63) is 41.7 Å². The van der Waals surface area contributed by atoms with Gasteiger partial charge in [0.2, 0.25) is 0 Å². The number of aromatic nitrogens is 3. The van der Waals surface area contributed by atoms with E-state index in [4.69, 9.17) is 11.5 Å². The predicted octanol–water partition coefficient (Wildman–Crippen LogP) is 2.97. The monoisotopic (exact) mass is 447 g/mol. The zero-order valence-corrected chi connectivity index (χ0v) is 17.8. The van der Waals surface area contributed by atoms with Crippen LogP contribution in [0.1, 0.15) is 29.8 Å². The number of hydrogen-bond donors (Lipinski definition) is 3. The molecule has 1 aliphatic rings. The second kappa shape index (κ2) is 8.60. The molecule has 0 saturated carbocycles. The molecule has 0 radical (unpaired) electrons. The van der Waals surface area contributed by atoms with Gasteiger partial charge in [0.15, 0.2) is 11.5 Å². The lowest BCUT2D eigenvalue weighted by Crippen LogP contribution is -2.37. The molecular formula is C20H23F2N7OS. The third kappa shape index (κ3) is 4.23. The molecule has 5 N–H and O–H groups in total. The summed E-state index contributed by atoms with van der Waals surface area (Å²) in [6.07, 6.45) is 4.52. The molecule has 11 heteroatoms. The average molecular weight is 448 g/mol. The van der Waals surface area contributed by atoms with Gasteiger partial charge in [0, 0.05) is 26.2 Å². The van der Waals surface area contributed by atoms with Crippen LogP contribution in [0.2, 0.25) is 0 Å². The van der Waals surface area contributed by atoms with E-state index in [-0.39, 0.29) is 27.3 Å². The Labute approximate surface area is 181 Å². The van der Waals surface area contributed by atoms with E-state index in [1.54, 1.807) is 17.9 Å². The summed E-state index contributed by atoms with van der Waals surface area (Å²) in [4.78, 5) is 19.1. The van der Waals surface area contributed by atoms with E-state index >= 15 is 0 Å². The Morgan fingerprint density at radius 3 is 2.77 bits per heavy atom. The van der Waals surface area contributed by atoms with Gasteiger partial charge >= 0.3 is 0 Å². The van der Waals surface area contributed by atoms with Gasteiger partial charge in [0.25, 0.3) is 5.91 Å². The Bertz CT molecular complexity index is 1090. The second-order valence-corrected chi connectivity index (χ2v) is 8.52. The molecule has 1 aliphatic heterocycles. The molecule has 1 atom stereocenters. The normalized spacial score (nSPS) is 16.9. The van der Waals surface area contributed by atoms with Gasteiger partial charge in [-0.25, -0.2) is 13.8 Å². The highest BCUT2D eigenvalue weighted by Gasteiger charge is 2.25. The molecule has 0 unspecified atom stereocenters. The second-order valence-electron chi connectivity index (χ2n) is 7.49. The molecule has 0 bridgehead atoms. The summed E-state index contributed by atoms with van der Waals surface area (Å²) in [5, 5.41) is 7.12. The van der Waals surface area contributed by atoms with E-state index in [9.17, 15) is 13.6 Å². The largest absolute Gasteiger partial charge is 0.389 e. The standard InChI is InChI=1S/C20H23F2N7OS/c1-28-20(29-8-3-2-5-11(23)10-29)14(9-25-28)26-18(30)16-17(24)31-19(27-16)15-12(21)6-4-7-13(15)22/h4,6-7,9,11H,2-3,5,8,10,23-24H2,1H3,(H,26,30)/t11-/m0/s1. The highest BCUT2D eigenvalue weighted by atomic mass is 32.1. The van der Waals surface area contributed by atoms with Crippen LogP contribution in [0.25, 0.3) is 10.6 Å². The molecule has 31 heavy (non-hydrogen) atoms. The van der Waals surface area contributed by atoms with Crippen molar-refractivity contribution >= 4 is 33.8 Å². The minimum Gasteiger partial charge on any atom is -0.389 e. The Hall–Kier alpha value is -3.05. The van der Waals surface area contributed by atoms with E-state index in [1.807, 2.05) is 0 Å². The number of thiazole rings is 1. The number of nitrogens with two attached hydrogens (primary N) is 2. The fourth-order valence-corrected chi connectivity index (χ4v) is 4.62. The first-order valence-corrected chi connectivity index (χ1v) is 10.7. The number of amides is 1. The maximum atomic E-state index is 14.1. The Balaban J connectivity index is 1.61. The van der Waals surface area contributed by atoms with Crippen molar-refractivity contribution in [3.8, 4) is 10.6 Å². The molecule has 0 aliphatic carbocycles. The molecule has 164 valence electrons. The third-order valence-corrected chi connectivity index (χ3v) is 6.11. The third-order valence-electron chi connectivity index (χ3n) is 5.21. The number of hydrogen-bond acceptors (Lipinski definition) is 7. The van der Waals surface area contributed by atoms with Gasteiger partial charge in [-0.2, -0.15) is 5.10 Å². The van der Waals surface area contributed by atoms with Crippen LogP contribution in [0, 0.1) is 11.6 Å². The minimum atomic E-state index is -0.771. The van der Waals surface area contributed by atoms with Crippen LogP contribution < -0.4 is 21.7 Å². The number of aryl methyl sites for hydroxylation is 1. The molecule has 8 nitrogen and oxygen atoms in total. The summed E-state index contributed by atoms with van der Waals surface area (Å²) in [5.74, 6) is -1.38. The van der Waals surface area contributed by atoms with Crippen molar-refractivity contribution in [3.63, 3.8) is 0 Å². The molecular weight excluding hydrogens is 424 g/mol. The van der Waals surface area contributed by atoms with Crippen molar-refractivity contribution in [1.82, 2.24) is 14.8 Å². The smallest absolute Gasteiger partial charge is 0.277 e. The van der Waals surface area contributed by atoms with Gasteiger partial charge in [-0.1, -0.05) is 23.8 Å². The van der Waals surface area contributed by atoms with E-state index in [2.05, 4.69) is 20.3 Å². The van der Waals surface area contributed by atoms with E-state index in [1.165, 1.54) is 6.07 Å². The van der Waals surface area contributed by atoms with Gasteiger partial charge in [-0.15, -0.1) is 0 Å². The number of nitrogens with zero attached hydrogens (tertiary/aromatic N) is 4. The Kier molecular flexibility index (Phi) is 5.88. The van der Waals surface area contributed by atoms with Crippen LogP contribution >= 0.6 is 11.3 Å². The zero-order valence-electron chi connectivity index (χ0n) is 16.9. The zero-order chi connectivity index (χ0) is 22.1. The van der Waals surface area contributed by atoms with E-state index in [0.29, 0.717) is 12.2 Å². The molecule has 3 aromatic rings. The van der Waals surface area contributed by atoms with Crippen molar-refractivity contribution in [2.75, 3.05) is 29.0 Å². The van der Waals surface area contributed by atoms with Gasteiger partial charge in [0.1, 0.15) is 27.3 Å². The first-order valence-electron chi connectivity index (χ1n) is 9.89. The fraction of sp³-hybridized carbons (Fsp3) is 0.350. The molecule has 4 rings (SSSR count). The molecule has 1 fully saturated rings. The Morgan fingerprint density at radius 1 is 1.29 bits per heavy atom. The van der Waals surface area contributed by atoms with Gasteiger partial charge in [0.05, 0.1) is 11.8 Å². The molecule has 1 aromatic carbocycles. The van der Waals surface area contributed by atoms with Crippen molar-refractivity contribution < 1.29 is 13.6 Å². The summed E-state index contributed by atoms with van der Waals surface area (Å²) in [5.41, 5.74) is 12.2. The molecule has 3 heterocycles. The topological polar surface area (TPSA) is 115 Å². The summed E-state index contributed by atoms with van der Waals surface area (Å²) in [7, 11) is 1.79. The quantitative estimate of drug-likeness (QED) is 0.566. The van der Waals surface area contributed by atoms with Crippen LogP contribution in [-0.2, 0) is 7.05 Å². The van der Waals surface area contributed by atoms with E-state index < -0.39 is 17.5 Å². The first-order chi connectivity index (χ1) is 14.8. The van der Waals surface area contributed by atoms with Crippen LogP contribution in [0.15, 0.2) is 24.4 Å². The summed E-state index contributed by atoms with van der Waals surface area (Å²) < 4.78 is 29.9. The number of nitrogen functional groups attached to an aromatic ring is 1. The lowest BCUT2D eigenvalue weighted by Gasteiger charge is -2.25. The van der Waals surface area contributed by atoms with Gasteiger partial charge in [-0.3, -0.25) is 9.48 Å². The number of benzene rings is 1. The van der Waals surface area contributed by atoms with Gasteiger partial charge in [-0.05, 0) is 25.0 Å². The van der Waals surface area contributed by atoms with Crippen molar-refractivity contribution in [2.45, 2.75) is 25.3 Å². The fourth-order valence-electron chi connectivity index (χ4n) is 3.75. The van der Waals surface area contributed by atoms with Crippen LogP contribution in [0.4, 0.5) is 25.3 Å². The van der Waals surface area contributed by atoms with Gasteiger partial charge < -0.3 is 21.7 Å². The van der Waals surface area contributed by atoms with Crippen LogP contribution in [-0.4, -0.2) is 39.8 Å². The van der Waals surface area contributed by atoms with Crippen molar-refractivity contribution in [1.29, 1.82) is 0 Å². The highest BCUT2D eigenvalue weighted by Crippen LogP contribution is 2.34. The number of nitrogens with one attached hydrogen (secondary N) is 1. The summed E-state index contributed by atoms with van der Waals surface area (Å²) in [6, 6.07) is 3.55. The van der Waals surface area contributed by atoms with Crippen LogP contribution in [0.3, 0.4) is 0 Å². The predicted molar refractivity (Wildman–Crippen MR) is 117 cm³/mol. The maximum absolute atomic E-state index is 14.1. The number of carbonyl (C=O) groups is 1. The lowest BCUT2D eigenvalue weighted by atomic mass is 10.2. The molecule has 2 aromatic heterocycles. The number of halogens is 2. The maximum Gasteiger partial charge on any atom is 0.277 e. The highest BCUT2D eigenvalue weighted by molar-refractivity contribution is 7.19.